The summed E-state index contributed by atoms with van der Waals surface area (Å²) in [4.78, 5) is 6.99. The molecule has 1 aliphatic rings. The Hall–Kier alpha value is -1.81. The predicted molar refractivity (Wildman–Crippen MR) is 84.1 cm³/mol. The van der Waals surface area contributed by atoms with Gasteiger partial charge in [0.15, 0.2) is 0 Å². The third-order valence-corrected chi connectivity index (χ3v) is 4.13. The quantitative estimate of drug-likeness (QED) is 0.916. The molecule has 1 N–H and O–H groups in total. The molecule has 2 aromatic rings. The summed E-state index contributed by atoms with van der Waals surface area (Å²) in [6.07, 6.45) is 6.22. The van der Waals surface area contributed by atoms with Crippen molar-refractivity contribution in [3.05, 3.63) is 48.0 Å². The molecule has 3 rings (SSSR count). The zero-order chi connectivity index (χ0) is 14.5. The van der Waals surface area contributed by atoms with Crippen molar-refractivity contribution in [1.82, 2.24) is 10.3 Å². The first-order valence-corrected chi connectivity index (χ1v) is 7.74. The highest BCUT2D eigenvalue weighted by atomic mass is 16.3. The zero-order valence-corrected chi connectivity index (χ0v) is 12.6. The van der Waals surface area contributed by atoms with E-state index in [-0.39, 0.29) is 0 Å². The van der Waals surface area contributed by atoms with Crippen LogP contribution in [0.15, 0.2) is 41.1 Å². The number of nitrogens with zero attached hydrogens (tertiary/aromatic N) is 2. The Morgan fingerprint density at radius 1 is 1.24 bits per heavy atom. The van der Waals surface area contributed by atoms with E-state index in [1.165, 1.54) is 18.4 Å². The molecule has 0 aliphatic carbocycles. The van der Waals surface area contributed by atoms with Gasteiger partial charge in [-0.3, -0.25) is 0 Å². The molecule has 0 spiro atoms. The Morgan fingerprint density at radius 2 is 2.10 bits per heavy atom. The molecule has 0 aromatic carbocycles. The Kier molecular flexibility index (Phi) is 4.55. The fraction of sp³-hybridized carbons (Fsp3) is 0.471. The second-order valence-corrected chi connectivity index (χ2v) is 5.88. The largest absolute Gasteiger partial charge is 0.468 e. The fourth-order valence-corrected chi connectivity index (χ4v) is 2.69. The fourth-order valence-electron chi connectivity index (χ4n) is 2.69. The van der Waals surface area contributed by atoms with E-state index in [1.807, 2.05) is 18.3 Å². The number of hydrogen-bond acceptors (Lipinski definition) is 4. The van der Waals surface area contributed by atoms with E-state index in [4.69, 9.17) is 4.42 Å². The summed E-state index contributed by atoms with van der Waals surface area (Å²) >= 11 is 0. The smallest absolute Gasteiger partial charge is 0.128 e. The lowest BCUT2D eigenvalue weighted by Gasteiger charge is -2.31. The minimum absolute atomic E-state index is 0.749. The van der Waals surface area contributed by atoms with Gasteiger partial charge >= 0.3 is 0 Å². The van der Waals surface area contributed by atoms with Gasteiger partial charge in [-0.25, -0.2) is 4.98 Å². The van der Waals surface area contributed by atoms with Crippen LogP contribution in [0.2, 0.25) is 0 Å². The monoisotopic (exact) mass is 285 g/mol. The summed E-state index contributed by atoms with van der Waals surface area (Å²) in [5, 5.41) is 3.36. The van der Waals surface area contributed by atoms with E-state index in [9.17, 15) is 0 Å². The number of piperidine rings is 1. The molecule has 0 bridgehead atoms. The van der Waals surface area contributed by atoms with Gasteiger partial charge in [0.05, 0.1) is 12.8 Å². The number of hydrogen-bond donors (Lipinski definition) is 1. The highest BCUT2D eigenvalue weighted by Crippen LogP contribution is 2.21. The third-order valence-electron chi connectivity index (χ3n) is 4.13. The van der Waals surface area contributed by atoms with E-state index in [1.54, 1.807) is 6.26 Å². The van der Waals surface area contributed by atoms with Crippen LogP contribution in [0, 0.1) is 5.92 Å². The topological polar surface area (TPSA) is 41.3 Å². The molecular formula is C17H23N3O. The van der Waals surface area contributed by atoms with Gasteiger partial charge in [0.2, 0.25) is 0 Å². The summed E-state index contributed by atoms with van der Waals surface area (Å²) in [5.74, 6) is 2.92. The number of nitrogens with one attached hydrogen (secondary N) is 1. The minimum atomic E-state index is 0.749. The van der Waals surface area contributed by atoms with Crippen molar-refractivity contribution >= 4 is 5.82 Å². The molecule has 1 saturated heterocycles. The number of anilines is 1. The molecule has 0 amide bonds. The van der Waals surface area contributed by atoms with Gasteiger partial charge in [-0.15, -0.1) is 0 Å². The second kappa shape index (κ2) is 6.76. The van der Waals surface area contributed by atoms with Gasteiger partial charge in [-0.2, -0.15) is 0 Å². The van der Waals surface area contributed by atoms with Crippen molar-refractivity contribution in [3.63, 3.8) is 0 Å². The van der Waals surface area contributed by atoms with Crippen molar-refractivity contribution in [2.75, 3.05) is 18.0 Å². The molecule has 112 valence electrons. The summed E-state index contributed by atoms with van der Waals surface area (Å²) in [6.45, 7) is 6.15. The van der Waals surface area contributed by atoms with Crippen molar-refractivity contribution in [2.45, 2.75) is 32.9 Å². The molecule has 0 unspecified atom stereocenters. The number of furan rings is 1. The predicted octanol–water partition coefficient (Wildman–Crippen LogP) is 3.20. The van der Waals surface area contributed by atoms with Gasteiger partial charge in [0.25, 0.3) is 0 Å². The van der Waals surface area contributed by atoms with Crippen molar-refractivity contribution in [3.8, 4) is 0 Å². The summed E-state index contributed by atoms with van der Waals surface area (Å²) in [5.41, 5.74) is 1.20. The van der Waals surface area contributed by atoms with Gasteiger partial charge in [0.1, 0.15) is 11.6 Å². The van der Waals surface area contributed by atoms with Crippen LogP contribution in [-0.4, -0.2) is 18.1 Å². The Labute approximate surface area is 126 Å². The Balaban J connectivity index is 1.49. The van der Waals surface area contributed by atoms with Crippen LogP contribution in [0.1, 0.15) is 31.1 Å². The van der Waals surface area contributed by atoms with Gasteiger partial charge in [-0.1, -0.05) is 13.0 Å². The molecule has 1 aliphatic heterocycles. The highest BCUT2D eigenvalue weighted by Gasteiger charge is 2.16. The standard InChI is InChI=1S/C17H23N3O/c1-14-6-8-20(9-7-14)17-5-4-15(12-19-17)11-18-13-16-3-2-10-21-16/h2-5,10,12,14,18H,6-9,11,13H2,1H3. The molecule has 2 aromatic heterocycles. The van der Waals surface area contributed by atoms with Crippen LogP contribution in [0.3, 0.4) is 0 Å². The third kappa shape index (κ3) is 3.85. The lowest BCUT2D eigenvalue weighted by atomic mass is 9.99. The van der Waals surface area contributed by atoms with Crippen LogP contribution in [0.5, 0.6) is 0 Å². The van der Waals surface area contributed by atoms with Crippen molar-refractivity contribution < 1.29 is 4.42 Å². The van der Waals surface area contributed by atoms with Crippen LogP contribution in [0.4, 0.5) is 5.82 Å². The first kappa shape index (κ1) is 14.1. The molecule has 21 heavy (non-hydrogen) atoms. The lowest BCUT2D eigenvalue weighted by Crippen LogP contribution is -2.33. The van der Waals surface area contributed by atoms with Crippen LogP contribution < -0.4 is 10.2 Å². The average molecular weight is 285 g/mol. The van der Waals surface area contributed by atoms with Crippen LogP contribution in [-0.2, 0) is 13.1 Å². The zero-order valence-electron chi connectivity index (χ0n) is 12.6. The molecule has 1 fully saturated rings. The minimum Gasteiger partial charge on any atom is -0.468 e. The maximum absolute atomic E-state index is 5.29. The van der Waals surface area contributed by atoms with Crippen molar-refractivity contribution in [1.29, 1.82) is 0 Å². The molecule has 4 nitrogen and oxygen atoms in total. The van der Waals surface area contributed by atoms with E-state index >= 15 is 0 Å². The van der Waals surface area contributed by atoms with Crippen molar-refractivity contribution in [2.24, 2.45) is 5.92 Å². The molecule has 0 saturated carbocycles. The Bertz CT molecular complexity index is 528. The molecular weight excluding hydrogens is 262 g/mol. The summed E-state index contributed by atoms with van der Waals surface area (Å²) in [7, 11) is 0. The second-order valence-electron chi connectivity index (χ2n) is 5.88. The molecule has 0 atom stereocenters. The number of aromatic nitrogens is 1. The highest BCUT2D eigenvalue weighted by molar-refractivity contribution is 5.39. The van der Waals surface area contributed by atoms with E-state index in [0.717, 1.165) is 43.7 Å². The summed E-state index contributed by atoms with van der Waals surface area (Å²) in [6, 6.07) is 8.19. The SMILES string of the molecule is CC1CCN(c2ccc(CNCc3ccco3)cn2)CC1. The van der Waals surface area contributed by atoms with Crippen LogP contribution >= 0.6 is 0 Å². The average Bonchev–Trinajstić information content (AvgIpc) is 3.02. The lowest BCUT2D eigenvalue weighted by molar-refractivity contribution is 0.436. The van der Waals surface area contributed by atoms with E-state index < -0.39 is 0 Å². The van der Waals surface area contributed by atoms with Gasteiger partial charge in [-0.05, 0) is 42.5 Å². The van der Waals surface area contributed by atoms with Gasteiger partial charge in [0, 0.05) is 25.8 Å². The maximum atomic E-state index is 5.29. The van der Waals surface area contributed by atoms with E-state index in [0.29, 0.717) is 0 Å². The molecule has 3 heterocycles. The molecule has 4 heteroatoms. The summed E-state index contributed by atoms with van der Waals surface area (Å²) < 4.78 is 5.29. The Morgan fingerprint density at radius 3 is 2.76 bits per heavy atom. The van der Waals surface area contributed by atoms with E-state index in [2.05, 4.69) is 34.3 Å². The first-order chi connectivity index (χ1) is 10.3. The first-order valence-electron chi connectivity index (χ1n) is 7.74. The normalized spacial score (nSPS) is 16.3. The van der Waals surface area contributed by atoms with Gasteiger partial charge < -0.3 is 14.6 Å². The number of pyridine rings is 1. The number of rotatable bonds is 5. The molecule has 0 radical (unpaired) electrons. The maximum Gasteiger partial charge on any atom is 0.128 e. The van der Waals surface area contributed by atoms with Crippen LogP contribution in [0.25, 0.3) is 0 Å².